The van der Waals surface area contributed by atoms with Crippen molar-refractivity contribution in [2.45, 2.75) is 23.0 Å². The summed E-state index contributed by atoms with van der Waals surface area (Å²) in [5.41, 5.74) is 0.660. The number of aromatic nitrogens is 3. The van der Waals surface area contributed by atoms with E-state index in [0.29, 0.717) is 5.56 Å². The van der Waals surface area contributed by atoms with Crippen LogP contribution in [0, 0.1) is 5.82 Å². The third kappa shape index (κ3) is 2.54. The molecule has 1 N–H and O–H groups in total. The molecular weight excluding hydrogens is 251 g/mol. The Labute approximate surface area is 110 Å². The molecule has 2 rings (SSSR count). The Morgan fingerprint density at radius 2 is 2.22 bits per heavy atom. The molecule has 2 aromatic rings. The molecule has 0 aliphatic rings. The second kappa shape index (κ2) is 5.49. The average Bonchev–Trinajstić information content (AvgIpc) is 2.74. The molecule has 0 aliphatic carbocycles. The number of nitrogens with one attached hydrogen (secondary N) is 1. The van der Waals surface area contributed by atoms with Crippen LogP contribution in [0.15, 0.2) is 34.6 Å². The molecule has 0 saturated carbocycles. The van der Waals surface area contributed by atoms with Crippen molar-refractivity contribution in [2.75, 3.05) is 7.05 Å². The summed E-state index contributed by atoms with van der Waals surface area (Å²) in [5, 5.41) is 7.81. The van der Waals surface area contributed by atoms with Gasteiger partial charge in [0.15, 0.2) is 5.16 Å². The van der Waals surface area contributed by atoms with Crippen molar-refractivity contribution in [3.63, 3.8) is 0 Å². The van der Waals surface area contributed by atoms with Crippen molar-refractivity contribution >= 4 is 11.8 Å². The van der Waals surface area contributed by atoms with E-state index in [-0.39, 0.29) is 11.9 Å². The van der Waals surface area contributed by atoms with Crippen LogP contribution in [-0.4, -0.2) is 21.8 Å². The van der Waals surface area contributed by atoms with Crippen LogP contribution in [0.25, 0.3) is 0 Å². The van der Waals surface area contributed by atoms with Crippen LogP contribution in [0.4, 0.5) is 4.39 Å². The van der Waals surface area contributed by atoms with Gasteiger partial charge in [-0.2, -0.15) is 5.10 Å². The molecular formula is C12H15FN4S. The number of hydrogen-bond donors (Lipinski definition) is 1. The Morgan fingerprint density at radius 3 is 2.83 bits per heavy atom. The summed E-state index contributed by atoms with van der Waals surface area (Å²) in [7, 11) is 3.63. The van der Waals surface area contributed by atoms with Gasteiger partial charge in [-0.3, -0.25) is 0 Å². The first-order chi connectivity index (χ1) is 8.63. The minimum absolute atomic E-state index is 0.0538. The van der Waals surface area contributed by atoms with E-state index in [4.69, 9.17) is 0 Å². The van der Waals surface area contributed by atoms with E-state index >= 15 is 0 Å². The second-order valence-corrected chi connectivity index (χ2v) is 4.94. The highest BCUT2D eigenvalue weighted by Gasteiger charge is 2.16. The summed E-state index contributed by atoms with van der Waals surface area (Å²) in [5.74, 6) is -0.205. The molecule has 0 spiro atoms. The summed E-state index contributed by atoms with van der Waals surface area (Å²) < 4.78 is 15.6. The van der Waals surface area contributed by atoms with Crippen molar-refractivity contribution in [1.82, 2.24) is 20.1 Å². The van der Waals surface area contributed by atoms with E-state index in [2.05, 4.69) is 15.4 Å². The van der Waals surface area contributed by atoms with Crippen molar-refractivity contribution < 1.29 is 4.39 Å². The van der Waals surface area contributed by atoms with Gasteiger partial charge >= 0.3 is 0 Å². The van der Waals surface area contributed by atoms with Crippen LogP contribution >= 0.6 is 11.8 Å². The number of rotatable bonds is 4. The zero-order chi connectivity index (χ0) is 13.1. The molecule has 1 atom stereocenters. The third-order valence-corrected chi connectivity index (χ3v) is 3.88. The summed E-state index contributed by atoms with van der Waals surface area (Å²) >= 11 is 1.41. The Kier molecular flexibility index (Phi) is 3.98. The number of benzene rings is 1. The lowest BCUT2D eigenvalue weighted by atomic mass is 10.1. The van der Waals surface area contributed by atoms with Gasteiger partial charge in [-0.1, -0.05) is 6.07 Å². The van der Waals surface area contributed by atoms with Gasteiger partial charge in [-0.25, -0.2) is 14.1 Å². The predicted octanol–water partition coefficient (Wildman–Crippen LogP) is 2.39. The van der Waals surface area contributed by atoms with Gasteiger partial charge in [-0.15, -0.1) is 0 Å². The summed E-state index contributed by atoms with van der Waals surface area (Å²) in [6.07, 6.45) is 1.49. The molecule has 18 heavy (non-hydrogen) atoms. The van der Waals surface area contributed by atoms with Crippen molar-refractivity contribution in [1.29, 1.82) is 0 Å². The van der Waals surface area contributed by atoms with E-state index in [1.807, 2.05) is 27.1 Å². The number of aryl methyl sites for hydroxylation is 1. The maximum Gasteiger partial charge on any atom is 0.190 e. The molecule has 0 radical (unpaired) electrons. The standard InChI is InChI=1S/C12H15FN4S/c1-8(14-2)11-9(13)5-4-6-10(11)18-12-15-7-16-17(12)3/h4-8,14H,1-3H3. The number of nitrogens with zero attached hydrogens (tertiary/aromatic N) is 3. The minimum atomic E-state index is -0.205. The van der Waals surface area contributed by atoms with Gasteiger partial charge < -0.3 is 5.32 Å². The highest BCUT2D eigenvalue weighted by Crippen LogP contribution is 2.33. The number of hydrogen-bond acceptors (Lipinski definition) is 4. The normalized spacial score (nSPS) is 12.7. The highest BCUT2D eigenvalue weighted by molar-refractivity contribution is 7.99. The Morgan fingerprint density at radius 1 is 1.44 bits per heavy atom. The van der Waals surface area contributed by atoms with Gasteiger partial charge in [-0.05, 0) is 37.9 Å². The summed E-state index contributed by atoms with van der Waals surface area (Å²) in [6, 6.07) is 5.03. The molecule has 1 aromatic carbocycles. The monoisotopic (exact) mass is 266 g/mol. The van der Waals surface area contributed by atoms with E-state index in [9.17, 15) is 4.39 Å². The quantitative estimate of drug-likeness (QED) is 0.922. The SMILES string of the molecule is CNC(C)c1c(F)cccc1Sc1ncnn1C. The molecule has 1 aromatic heterocycles. The van der Waals surface area contributed by atoms with Gasteiger partial charge in [0.25, 0.3) is 0 Å². The molecule has 0 aliphatic heterocycles. The topological polar surface area (TPSA) is 42.7 Å². The van der Waals surface area contributed by atoms with Gasteiger partial charge in [0.05, 0.1) is 0 Å². The smallest absolute Gasteiger partial charge is 0.190 e. The lowest BCUT2D eigenvalue weighted by Crippen LogP contribution is -2.15. The minimum Gasteiger partial charge on any atom is -0.313 e. The van der Waals surface area contributed by atoms with Crippen LogP contribution in [0.3, 0.4) is 0 Å². The first-order valence-electron chi connectivity index (χ1n) is 5.61. The molecule has 6 heteroatoms. The van der Waals surface area contributed by atoms with Gasteiger partial charge in [0.2, 0.25) is 0 Å². The largest absolute Gasteiger partial charge is 0.313 e. The number of halogens is 1. The maximum absolute atomic E-state index is 13.9. The first-order valence-corrected chi connectivity index (χ1v) is 6.42. The molecule has 4 nitrogen and oxygen atoms in total. The van der Waals surface area contributed by atoms with Gasteiger partial charge in [0.1, 0.15) is 12.1 Å². The fourth-order valence-electron chi connectivity index (χ4n) is 1.65. The van der Waals surface area contributed by atoms with Crippen molar-refractivity contribution in [2.24, 2.45) is 7.05 Å². The highest BCUT2D eigenvalue weighted by atomic mass is 32.2. The van der Waals surface area contributed by atoms with Crippen molar-refractivity contribution in [3.8, 4) is 0 Å². The second-order valence-electron chi connectivity index (χ2n) is 3.93. The van der Waals surface area contributed by atoms with E-state index in [1.54, 1.807) is 10.7 Å². The van der Waals surface area contributed by atoms with E-state index in [0.717, 1.165) is 10.1 Å². The average molecular weight is 266 g/mol. The fraction of sp³-hybridized carbons (Fsp3) is 0.333. The summed E-state index contributed by atoms with van der Waals surface area (Å²) in [6.45, 7) is 1.93. The Hall–Kier alpha value is -1.40. The van der Waals surface area contributed by atoms with Crippen LogP contribution in [0.1, 0.15) is 18.5 Å². The van der Waals surface area contributed by atoms with E-state index < -0.39 is 0 Å². The Balaban J connectivity index is 2.39. The molecule has 1 unspecified atom stereocenters. The molecule has 1 heterocycles. The Bertz CT molecular complexity index is 541. The van der Waals surface area contributed by atoms with Crippen LogP contribution < -0.4 is 5.32 Å². The third-order valence-electron chi connectivity index (χ3n) is 2.75. The summed E-state index contributed by atoms with van der Waals surface area (Å²) in [4.78, 5) is 4.99. The molecule has 0 saturated heterocycles. The van der Waals surface area contributed by atoms with Gasteiger partial charge in [0, 0.05) is 23.5 Å². The lowest BCUT2D eigenvalue weighted by molar-refractivity contribution is 0.551. The van der Waals surface area contributed by atoms with Crippen LogP contribution in [-0.2, 0) is 7.05 Å². The van der Waals surface area contributed by atoms with Crippen molar-refractivity contribution in [3.05, 3.63) is 35.9 Å². The van der Waals surface area contributed by atoms with Crippen LogP contribution in [0.2, 0.25) is 0 Å². The molecule has 0 fully saturated rings. The predicted molar refractivity (Wildman–Crippen MR) is 69.0 cm³/mol. The molecule has 0 bridgehead atoms. The molecule has 0 amide bonds. The van der Waals surface area contributed by atoms with Crippen LogP contribution in [0.5, 0.6) is 0 Å². The molecule has 96 valence electrons. The fourth-order valence-corrected chi connectivity index (χ4v) is 2.65. The van der Waals surface area contributed by atoms with E-state index in [1.165, 1.54) is 24.2 Å². The zero-order valence-electron chi connectivity index (χ0n) is 10.5. The lowest BCUT2D eigenvalue weighted by Gasteiger charge is -2.15. The zero-order valence-corrected chi connectivity index (χ0v) is 11.3. The maximum atomic E-state index is 13.9. The first kappa shape index (κ1) is 13.0.